The van der Waals surface area contributed by atoms with Crippen molar-refractivity contribution in [3.05, 3.63) is 35.9 Å². The third kappa shape index (κ3) is 3.30. The molecule has 0 saturated carbocycles. The van der Waals surface area contributed by atoms with E-state index in [-0.39, 0.29) is 12.0 Å². The first-order valence-corrected chi connectivity index (χ1v) is 8.25. The first-order chi connectivity index (χ1) is 11.4. The van der Waals surface area contributed by atoms with Gasteiger partial charge in [-0.1, -0.05) is 30.3 Å². The van der Waals surface area contributed by atoms with Gasteiger partial charge in [-0.2, -0.15) is 0 Å². The second kappa shape index (κ2) is 6.53. The molecule has 0 aliphatic carbocycles. The summed E-state index contributed by atoms with van der Waals surface area (Å²) in [6.07, 6.45) is -0.925. The summed E-state index contributed by atoms with van der Waals surface area (Å²) in [5.41, 5.74) is 0.578. The Morgan fingerprint density at radius 2 is 1.83 bits per heavy atom. The molecule has 2 aliphatic rings. The number of benzene rings is 1. The van der Waals surface area contributed by atoms with E-state index in [0.717, 1.165) is 5.56 Å². The number of aliphatic carboxylic acids is 1. The monoisotopic (exact) mass is 333 g/mol. The molecule has 130 valence electrons. The van der Waals surface area contributed by atoms with Crippen molar-refractivity contribution < 1.29 is 24.2 Å². The molecule has 1 unspecified atom stereocenters. The number of morpholine rings is 1. The van der Waals surface area contributed by atoms with Crippen LogP contribution in [0.3, 0.4) is 0 Å². The molecule has 3 atom stereocenters. The molecule has 6 heteroatoms. The van der Waals surface area contributed by atoms with Gasteiger partial charge in [0.2, 0.25) is 0 Å². The van der Waals surface area contributed by atoms with E-state index in [0.29, 0.717) is 26.0 Å². The van der Waals surface area contributed by atoms with Crippen LogP contribution in [-0.4, -0.2) is 52.8 Å². The van der Waals surface area contributed by atoms with E-state index in [2.05, 4.69) is 0 Å². The summed E-state index contributed by atoms with van der Waals surface area (Å²) in [7, 11) is 0. The zero-order valence-corrected chi connectivity index (χ0v) is 14.0. The average molecular weight is 333 g/mol. The lowest BCUT2D eigenvalue weighted by Gasteiger charge is -2.46. The number of carbonyl (C=O) groups is 2. The SMILES string of the molecule is CC1(C)COC(c2ccccc2)CN1C(=O)[C@@H]1CC[C@H](C(=O)O)O1. The van der Waals surface area contributed by atoms with Crippen molar-refractivity contribution in [2.45, 2.75) is 50.5 Å². The number of hydrogen-bond donors (Lipinski definition) is 1. The van der Waals surface area contributed by atoms with Crippen molar-refractivity contribution in [1.29, 1.82) is 0 Å². The smallest absolute Gasteiger partial charge is 0.332 e. The first kappa shape index (κ1) is 16.9. The Morgan fingerprint density at radius 3 is 2.46 bits per heavy atom. The molecule has 24 heavy (non-hydrogen) atoms. The summed E-state index contributed by atoms with van der Waals surface area (Å²) in [6.45, 7) is 4.77. The number of ether oxygens (including phenoxy) is 2. The Kier molecular flexibility index (Phi) is 4.60. The molecule has 0 spiro atoms. The van der Waals surface area contributed by atoms with Crippen molar-refractivity contribution in [2.24, 2.45) is 0 Å². The van der Waals surface area contributed by atoms with Crippen LogP contribution in [-0.2, 0) is 19.1 Å². The average Bonchev–Trinajstić information content (AvgIpc) is 3.05. The molecular weight excluding hydrogens is 310 g/mol. The van der Waals surface area contributed by atoms with Crippen LogP contribution in [0.2, 0.25) is 0 Å². The highest BCUT2D eigenvalue weighted by Gasteiger charge is 2.44. The van der Waals surface area contributed by atoms with Gasteiger partial charge in [0.1, 0.15) is 12.2 Å². The van der Waals surface area contributed by atoms with Gasteiger partial charge < -0.3 is 19.5 Å². The molecule has 1 aromatic carbocycles. The zero-order chi connectivity index (χ0) is 17.3. The molecule has 0 bridgehead atoms. The van der Waals surface area contributed by atoms with Crippen molar-refractivity contribution in [2.75, 3.05) is 13.2 Å². The number of carbonyl (C=O) groups excluding carboxylic acids is 1. The molecule has 1 amide bonds. The highest BCUT2D eigenvalue weighted by Crippen LogP contribution is 2.32. The Morgan fingerprint density at radius 1 is 1.17 bits per heavy atom. The third-order valence-corrected chi connectivity index (χ3v) is 4.72. The van der Waals surface area contributed by atoms with E-state index in [9.17, 15) is 9.59 Å². The molecule has 0 aromatic heterocycles. The number of amides is 1. The minimum absolute atomic E-state index is 0.145. The van der Waals surface area contributed by atoms with Gasteiger partial charge in [0.25, 0.3) is 5.91 Å². The topological polar surface area (TPSA) is 76.1 Å². The highest BCUT2D eigenvalue weighted by atomic mass is 16.5. The summed E-state index contributed by atoms with van der Waals surface area (Å²) in [4.78, 5) is 25.7. The van der Waals surface area contributed by atoms with Crippen LogP contribution in [0.5, 0.6) is 0 Å². The predicted molar refractivity (Wildman–Crippen MR) is 86.5 cm³/mol. The van der Waals surface area contributed by atoms with E-state index < -0.39 is 23.7 Å². The quantitative estimate of drug-likeness (QED) is 0.915. The van der Waals surface area contributed by atoms with Gasteiger partial charge in [-0.25, -0.2) is 4.79 Å². The van der Waals surface area contributed by atoms with Crippen molar-refractivity contribution in [3.8, 4) is 0 Å². The lowest BCUT2D eigenvalue weighted by molar-refractivity contribution is -0.168. The van der Waals surface area contributed by atoms with E-state index in [1.165, 1.54) is 0 Å². The molecular formula is C18H23NO5. The summed E-state index contributed by atoms with van der Waals surface area (Å²) >= 11 is 0. The van der Waals surface area contributed by atoms with E-state index in [4.69, 9.17) is 14.6 Å². The van der Waals surface area contributed by atoms with Gasteiger partial charge >= 0.3 is 5.97 Å². The molecule has 2 heterocycles. The molecule has 0 radical (unpaired) electrons. The lowest BCUT2D eigenvalue weighted by Crippen LogP contribution is -2.58. The van der Waals surface area contributed by atoms with Gasteiger partial charge in [-0.3, -0.25) is 4.79 Å². The Bertz CT molecular complexity index is 615. The second-order valence-corrected chi connectivity index (χ2v) is 7.00. The number of carboxylic acid groups (broad SMARTS) is 1. The minimum atomic E-state index is -1.01. The number of nitrogens with zero attached hydrogens (tertiary/aromatic N) is 1. The fourth-order valence-corrected chi connectivity index (χ4v) is 3.28. The standard InChI is InChI=1S/C18H23NO5/c1-18(2)11-23-15(12-6-4-3-5-7-12)10-19(18)16(20)13-8-9-14(24-13)17(21)22/h3-7,13-15H,8-11H2,1-2H3,(H,21,22)/t13-,14+,15?/m0/s1. The summed E-state index contributed by atoms with van der Waals surface area (Å²) in [5, 5.41) is 9.05. The minimum Gasteiger partial charge on any atom is -0.479 e. The fraction of sp³-hybridized carbons (Fsp3) is 0.556. The lowest BCUT2D eigenvalue weighted by atomic mass is 9.97. The maximum Gasteiger partial charge on any atom is 0.332 e. The largest absolute Gasteiger partial charge is 0.479 e. The van der Waals surface area contributed by atoms with Crippen LogP contribution in [0.15, 0.2) is 30.3 Å². The van der Waals surface area contributed by atoms with Crippen LogP contribution in [0, 0.1) is 0 Å². The van der Waals surface area contributed by atoms with Crippen molar-refractivity contribution in [1.82, 2.24) is 4.90 Å². The van der Waals surface area contributed by atoms with Gasteiger partial charge in [0.05, 0.1) is 18.7 Å². The van der Waals surface area contributed by atoms with Gasteiger partial charge in [-0.05, 0) is 32.3 Å². The number of carboxylic acids is 1. The zero-order valence-electron chi connectivity index (χ0n) is 14.0. The van der Waals surface area contributed by atoms with Crippen LogP contribution >= 0.6 is 0 Å². The number of rotatable bonds is 3. The molecule has 6 nitrogen and oxygen atoms in total. The Hall–Kier alpha value is -1.92. The van der Waals surface area contributed by atoms with Crippen molar-refractivity contribution in [3.63, 3.8) is 0 Å². The summed E-state index contributed by atoms with van der Waals surface area (Å²) < 4.78 is 11.4. The molecule has 2 saturated heterocycles. The normalized spacial score (nSPS) is 29.4. The van der Waals surface area contributed by atoms with Gasteiger partial charge in [0.15, 0.2) is 6.10 Å². The van der Waals surface area contributed by atoms with Crippen LogP contribution in [0.4, 0.5) is 0 Å². The number of hydrogen-bond acceptors (Lipinski definition) is 4. The summed E-state index contributed by atoms with van der Waals surface area (Å²) in [5.74, 6) is -1.15. The van der Waals surface area contributed by atoms with Crippen LogP contribution < -0.4 is 0 Å². The van der Waals surface area contributed by atoms with Crippen LogP contribution in [0.25, 0.3) is 0 Å². The summed E-state index contributed by atoms with van der Waals surface area (Å²) in [6, 6.07) is 9.80. The molecule has 1 N–H and O–H groups in total. The van der Waals surface area contributed by atoms with Gasteiger partial charge in [-0.15, -0.1) is 0 Å². The molecule has 2 fully saturated rings. The van der Waals surface area contributed by atoms with E-state index in [1.54, 1.807) is 4.90 Å². The third-order valence-electron chi connectivity index (χ3n) is 4.72. The van der Waals surface area contributed by atoms with E-state index >= 15 is 0 Å². The molecule has 1 aromatic rings. The predicted octanol–water partition coefficient (Wildman–Crippen LogP) is 2.00. The maximum absolute atomic E-state index is 12.9. The van der Waals surface area contributed by atoms with Crippen LogP contribution in [0.1, 0.15) is 38.4 Å². The fourth-order valence-electron chi connectivity index (χ4n) is 3.28. The Balaban J connectivity index is 1.74. The highest BCUT2D eigenvalue weighted by molar-refractivity contribution is 5.83. The second-order valence-electron chi connectivity index (χ2n) is 7.00. The maximum atomic E-state index is 12.9. The van der Waals surface area contributed by atoms with Crippen molar-refractivity contribution >= 4 is 11.9 Å². The van der Waals surface area contributed by atoms with E-state index in [1.807, 2.05) is 44.2 Å². The molecule has 2 aliphatic heterocycles. The Labute approximate surface area is 141 Å². The van der Waals surface area contributed by atoms with Gasteiger partial charge in [0, 0.05) is 0 Å². The molecule has 3 rings (SSSR count). The first-order valence-electron chi connectivity index (χ1n) is 8.25.